The van der Waals surface area contributed by atoms with Gasteiger partial charge in [0.25, 0.3) is 0 Å². The van der Waals surface area contributed by atoms with Gasteiger partial charge in [-0.2, -0.15) is 0 Å². The lowest BCUT2D eigenvalue weighted by Gasteiger charge is -2.09. The molecule has 1 atom stereocenters. The van der Waals surface area contributed by atoms with Crippen molar-refractivity contribution in [2.45, 2.75) is 6.42 Å². The standard InChI is InChI=1S/C6H7ClN4OS/c7-2-4-1-5(12)11(3-4)6-8-9-10-13-6/h4H,1-3H2. The lowest BCUT2D eigenvalue weighted by molar-refractivity contribution is -0.117. The molecule has 1 saturated heterocycles. The number of amides is 1. The number of halogens is 1. The summed E-state index contributed by atoms with van der Waals surface area (Å²) in [6.45, 7) is 0.638. The van der Waals surface area contributed by atoms with Crippen molar-refractivity contribution in [3.05, 3.63) is 0 Å². The average Bonchev–Trinajstić information content (AvgIpc) is 2.72. The Labute approximate surface area is 83.9 Å². The first-order valence-electron chi connectivity index (χ1n) is 3.82. The monoisotopic (exact) mass is 218 g/mol. The van der Waals surface area contributed by atoms with Gasteiger partial charge in [0.05, 0.1) is 0 Å². The van der Waals surface area contributed by atoms with Crippen molar-refractivity contribution in [3.8, 4) is 0 Å². The maximum atomic E-state index is 11.4. The summed E-state index contributed by atoms with van der Waals surface area (Å²) in [4.78, 5) is 13.0. The summed E-state index contributed by atoms with van der Waals surface area (Å²) in [7, 11) is 0. The molecule has 1 unspecified atom stereocenters. The molecule has 0 spiro atoms. The van der Waals surface area contributed by atoms with Crippen LogP contribution >= 0.6 is 23.1 Å². The summed E-state index contributed by atoms with van der Waals surface area (Å²) in [5.41, 5.74) is 0. The average molecular weight is 219 g/mol. The van der Waals surface area contributed by atoms with Crippen molar-refractivity contribution in [1.29, 1.82) is 0 Å². The van der Waals surface area contributed by atoms with Crippen LogP contribution in [0.25, 0.3) is 0 Å². The van der Waals surface area contributed by atoms with Crippen molar-refractivity contribution in [1.82, 2.24) is 14.8 Å². The number of nitrogens with zero attached hydrogens (tertiary/aromatic N) is 4. The summed E-state index contributed by atoms with van der Waals surface area (Å²) in [5, 5.41) is 7.75. The zero-order valence-corrected chi connectivity index (χ0v) is 8.25. The Morgan fingerprint density at radius 1 is 1.69 bits per heavy atom. The van der Waals surface area contributed by atoms with Crippen LogP contribution < -0.4 is 4.90 Å². The Balaban J connectivity index is 2.14. The Morgan fingerprint density at radius 3 is 3.08 bits per heavy atom. The molecule has 0 saturated carbocycles. The number of hydrogen-bond acceptors (Lipinski definition) is 5. The zero-order chi connectivity index (χ0) is 9.26. The second-order valence-corrected chi connectivity index (χ2v) is 3.89. The topological polar surface area (TPSA) is 59.0 Å². The number of carbonyl (C=O) groups is 1. The molecule has 1 fully saturated rings. The first-order valence-corrected chi connectivity index (χ1v) is 5.13. The number of aromatic nitrogens is 3. The van der Waals surface area contributed by atoms with Gasteiger partial charge in [-0.25, -0.2) is 0 Å². The maximum absolute atomic E-state index is 11.4. The van der Waals surface area contributed by atoms with Gasteiger partial charge in [0.2, 0.25) is 11.0 Å². The van der Waals surface area contributed by atoms with Crippen molar-refractivity contribution in [2.24, 2.45) is 5.92 Å². The van der Waals surface area contributed by atoms with Crippen LogP contribution in [0, 0.1) is 5.92 Å². The van der Waals surface area contributed by atoms with Crippen LogP contribution in [0.1, 0.15) is 6.42 Å². The third kappa shape index (κ3) is 1.64. The highest BCUT2D eigenvalue weighted by Gasteiger charge is 2.31. The van der Waals surface area contributed by atoms with Gasteiger partial charge in [-0.05, 0) is 11.1 Å². The van der Waals surface area contributed by atoms with Gasteiger partial charge >= 0.3 is 0 Å². The molecule has 0 radical (unpaired) electrons. The maximum Gasteiger partial charge on any atom is 0.234 e. The smallest absolute Gasteiger partial charge is 0.234 e. The predicted molar refractivity (Wildman–Crippen MR) is 48.9 cm³/mol. The van der Waals surface area contributed by atoms with Crippen molar-refractivity contribution >= 4 is 34.2 Å². The lowest BCUT2D eigenvalue weighted by atomic mass is 10.2. The molecule has 2 heterocycles. The second kappa shape index (κ2) is 3.55. The van der Waals surface area contributed by atoms with Gasteiger partial charge in [0.1, 0.15) is 0 Å². The van der Waals surface area contributed by atoms with E-state index in [9.17, 15) is 4.79 Å². The van der Waals surface area contributed by atoms with E-state index < -0.39 is 0 Å². The molecule has 1 aliphatic heterocycles. The Hall–Kier alpha value is -0.750. The van der Waals surface area contributed by atoms with E-state index in [4.69, 9.17) is 11.6 Å². The van der Waals surface area contributed by atoms with Crippen molar-refractivity contribution in [3.63, 3.8) is 0 Å². The minimum absolute atomic E-state index is 0.0594. The number of rotatable bonds is 2. The highest BCUT2D eigenvalue weighted by Crippen LogP contribution is 2.25. The number of alkyl halides is 1. The Morgan fingerprint density at radius 2 is 2.54 bits per heavy atom. The van der Waals surface area contributed by atoms with Crippen LogP contribution in [-0.4, -0.2) is 33.1 Å². The summed E-state index contributed by atoms with van der Waals surface area (Å²) in [6.07, 6.45) is 0.503. The van der Waals surface area contributed by atoms with E-state index in [2.05, 4.69) is 14.8 Å². The third-order valence-electron chi connectivity index (χ3n) is 1.94. The summed E-state index contributed by atoms with van der Waals surface area (Å²) >= 11 is 6.80. The Bertz CT molecular complexity index is 304. The first-order chi connectivity index (χ1) is 6.31. The predicted octanol–water partition coefficient (Wildman–Crippen LogP) is 0.525. The van der Waals surface area contributed by atoms with E-state index in [1.165, 1.54) is 0 Å². The van der Waals surface area contributed by atoms with Gasteiger partial charge in [0.15, 0.2) is 0 Å². The van der Waals surface area contributed by atoms with E-state index in [-0.39, 0.29) is 11.8 Å². The highest BCUT2D eigenvalue weighted by atomic mass is 35.5. The number of anilines is 1. The molecule has 1 amide bonds. The summed E-state index contributed by atoms with van der Waals surface area (Å²) in [6, 6.07) is 0. The van der Waals surface area contributed by atoms with E-state index in [1.807, 2.05) is 0 Å². The molecule has 0 aromatic carbocycles. The molecule has 70 valence electrons. The molecule has 0 bridgehead atoms. The fourth-order valence-corrected chi connectivity index (χ4v) is 2.00. The summed E-state index contributed by atoms with van der Waals surface area (Å²) < 4.78 is 3.61. The van der Waals surface area contributed by atoms with Gasteiger partial charge in [-0.3, -0.25) is 9.69 Å². The second-order valence-electron chi connectivity index (χ2n) is 2.87. The minimum Gasteiger partial charge on any atom is -0.285 e. The highest BCUT2D eigenvalue weighted by molar-refractivity contribution is 7.09. The third-order valence-corrected chi connectivity index (χ3v) is 3.00. The summed E-state index contributed by atoms with van der Waals surface area (Å²) in [5.74, 6) is 0.802. The molecule has 5 nitrogen and oxygen atoms in total. The van der Waals surface area contributed by atoms with Gasteiger partial charge in [0, 0.05) is 30.4 Å². The first kappa shape index (κ1) is 8.83. The van der Waals surface area contributed by atoms with Gasteiger partial charge in [-0.15, -0.1) is 11.6 Å². The molecule has 13 heavy (non-hydrogen) atoms. The molecular formula is C6H7ClN4OS. The Kier molecular flexibility index (Phi) is 2.41. The van der Waals surface area contributed by atoms with Crippen molar-refractivity contribution < 1.29 is 4.79 Å². The van der Waals surface area contributed by atoms with Crippen LogP contribution in [0.4, 0.5) is 5.13 Å². The minimum atomic E-state index is 0.0594. The fraction of sp³-hybridized carbons (Fsp3) is 0.667. The molecule has 1 aromatic rings. The molecule has 1 aromatic heterocycles. The number of hydrogen-bond donors (Lipinski definition) is 0. The molecule has 7 heteroatoms. The van der Waals surface area contributed by atoms with E-state index in [0.717, 1.165) is 11.5 Å². The molecule has 2 rings (SSSR count). The fourth-order valence-electron chi connectivity index (χ4n) is 1.30. The van der Waals surface area contributed by atoms with Crippen LogP contribution in [0.3, 0.4) is 0 Å². The van der Waals surface area contributed by atoms with Gasteiger partial charge in [-0.1, -0.05) is 9.59 Å². The van der Waals surface area contributed by atoms with Crippen LogP contribution in [0.5, 0.6) is 0 Å². The van der Waals surface area contributed by atoms with Crippen LogP contribution in [0.2, 0.25) is 0 Å². The lowest BCUT2D eigenvalue weighted by Crippen LogP contribution is -2.24. The molecular weight excluding hydrogens is 212 g/mol. The SMILES string of the molecule is O=C1CC(CCl)CN1c1nnns1. The number of carbonyl (C=O) groups excluding carboxylic acids is 1. The quantitative estimate of drug-likeness (QED) is 0.680. The largest absolute Gasteiger partial charge is 0.285 e. The van der Waals surface area contributed by atoms with Crippen LogP contribution in [-0.2, 0) is 4.79 Å². The molecule has 0 aliphatic carbocycles. The van der Waals surface area contributed by atoms with Crippen molar-refractivity contribution in [2.75, 3.05) is 17.3 Å². The molecule has 0 N–H and O–H groups in total. The normalized spacial score (nSPS) is 22.7. The van der Waals surface area contributed by atoms with E-state index in [1.54, 1.807) is 4.90 Å². The van der Waals surface area contributed by atoms with E-state index in [0.29, 0.717) is 24.0 Å². The van der Waals surface area contributed by atoms with Gasteiger partial charge < -0.3 is 0 Å². The van der Waals surface area contributed by atoms with E-state index >= 15 is 0 Å². The van der Waals surface area contributed by atoms with Crippen LogP contribution in [0.15, 0.2) is 0 Å². The molecule has 1 aliphatic rings. The zero-order valence-electron chi connectivity index (χ0n) is 6.68.